The van der Waals surface area contributed by atoms with Crippen LogP contribution < -0.4 is 10.6 Å². The Morgan fingerprint density at radius 2 is 2.12 bits per heavy atom. The molecule has 1 aromatic carbocycles. The molecule has 0 fully saturated rings. The predicted octanol–water partition coefficient (Wildman–Crippen LogP) is 2.14. The van der Waals surface area contributed by atoms with Gasteiger partial charge in [-0.1, -0.05) is 19.1 Å². The van der Waals surface area contributed by atoms with E-state index in [0.717, 1.165) is 12.0 Å². The van der Waals surface area contributed by atoms with Gasteiger partial charge < -0.3 is 5.32 Å². The first-order valence-electron chi connectivity index (χ1n) is 4.91. The van der Waals surface area contributed by atoms with Gasteiger partial charge in [-0.2, -0.15) is 0 Å². The maximum Gasteiger partial charge on any atom is 0.325 e. The van der Waals surface area contributed by atoms with E-state index in [1.807, 2.05) is 25.1 Å². The summed E-state index contributed by atoms with van der Waals surface area (Å²) >= 11 is 5.25. The Balaban J connectivity index is 2.59. The number of aryl methyl sites for hydroxylation is 1. The molecule has 4 nitrogen and oxygen atoms in total. The van der Waals surface area contributed by atoms with Crippen molar-refractivity contribution < 1.29 is 9.59 Å². The SMILES string of the molecule is CCc1cccc(NC(=O)NC(=O)CCl)c1. The number of urea groups is 1. The van der Waals surface area contributed by atoms with Crippen molar-refractivity contribution in [2.75, 3.05) is 11.2 Å². The van der Waals surface area contributed by atoms with Crippen LogP contribution in [0.3, 0.4) is 0 Å². The highest BCUT2D eigenvalue weighted by Gasteiger charge is 2.06. The third kappa shape index (κ3) is 3.90. The van der Waals surface area contributed by atoms with Gasteiger partial charge in [0.25, 0.3) is 0 Å². The van der Waals surface area contributed by atoms with E-state index in [-0.39, 0.29) is 5.88 Å². The number of anilines is 1. The van der Waals surface area contributed by atoms with Crippen LogP contribution in [0.2, 0.25) is 0 Å². The van der Waals surface area contributed by atoms with E-state index >= 15 is 0 Å². The number of carbonyl (C=O) groups excluding carboxylic acids is 2. The fourth-order valence-corrected chi connectivity index (χ4v) is 1.26. The summed E-state index contributed by atoms with van der Waals surface area (Å²) < 4.78 is 0. The zero-order valence-corrected chi connectivity index (χ0v) is 9.67. The van der Waals surface area contributed by atoms with Crippen molar-refractivity contribution in [3.05, 3.63) is 29.8 Å². The Hall–Kier alpha value is -1.55. The van der Waals surface area contributed by atoms with Gasteiger partial charge in [-0.3, -0.25) is 10.1 Å². The van der Waals surface area contributed by atoms with Crippen molar-refractivity contribution in [2.45, 2.75) is 13.3 Å². The number of benzene rings is 1. The number of imide groups is 1. The van der Waals surface area contributed by atoms with E-state index in [1.54, 1.807) is 6.07 Å². The summed E-state index contributed by atoms with van der Waals surface area (Å²) in [5.41, 5.74) is 1.76. The Bertz CT molecular complexity index is 393. The minimum atomic E-state index is -0.570. The summed E-state index contributed by atoms with van der Waals surface area (Å²) in [4.78, 5) is 22.1. The normalized spacial score (nSPS) is 9.62. The molecule has 0 atom stereocenters. The molecule has 0 saturated heterocycles. The second-order valence-electron chi connectivity index (χ2n) is 3.19. The summed E-state index contributed by atoms with van der Waals surface area (Å²) in [7, 11) is 0. The Morgan fingerprint density at radius 1 is 1.38 bits per heavy atom. The smallest absolute Gasteiger partial charge is 0.308 e. The molecule has 0 aromatic heterocycles. The molecule has 1 rings (SSSR count). The molecule has 1 aromatic rings. The topological polar surface area (TPSA) is 58.2 Å². The summed E-state index contributed by atoms with van der Waals surface area (Å²) in [5.74, 6) is -0.756. The lowest BCUT2D eigenvalue weighted by molar-refractivity contribution is -0.117. The number of halogens is 1. The fraction of sp³-hybridized carbons (Fsp3) is 0.273. The van der Waals surface area contributed by atoms with Crippen LogP contribution in [0, 0.1) is 0 Å². The van der Waals surface area contributed by atoms with E-state index in [9.17, 15) is 9.59 Å². The van der Waals surface area contributed by atoms with E-state index in [0.29, 0.717) is 5.69 Å². The molecule has 0 bridgehead atoms. The summed E-state index contributed by atoms with van der Waals surface area (Å²) in [6.45, 7) is 2.02. The maximum atomic E-state index is 11.3. The second kappa shape index (κ2) is 6.12. The van der Waals surface area contributed by atoms with E-state index < -0.39 is 11.9 Å². The second-order valence-corrected chi connectivity index (χ2v) is 3.46. The van der Waals surface area contributed by atoms with Crippen molar-refractivity contribution in [1.82, 2.24) is 5.32 Å². The standard InChI is InChI=1S/C11H13ClN2O2/c1-2-8-4-3-5-9(6-8)13-11(16)14-10(15)7-12/h3-6H,2,7H2,1H3,(H2,13,14,15,16). The predicted molar refractivity (Wildman–Crippen MR) is 63.7 cm³/mol. The first-order valence-corrected chi connectivity index (χ1v) is 5.45. The number of alkyl halides is 1. The third-order valence-corrected chi connectivity index (χ3v) is 2.21. The molecule has 0 aliphatic heterocycles. The highest BCUT2D eigenvalue weighted by atomic mass is 35.5. The van der Waals surface area contributed by atoms with E-state index in [1.165, 1.54) is 0 Å². The molecule has 0 spiro atoms. The van der Waals surface area contributed by atoms with E-state index in [4.69, 9.17) is 11.6 Å². The zero-order valence-electron chi connectivity index (χ0n) is 8.92. The molecule has 0 saturated carbocycles. The van der Waals surface area contributed by atoms with Crippen molar-refractivity contribution in [3.8, 4) is 0 Å². The van der Waals surface area contributed by atoms with Gasteiger partial charge in [0.1, 0.15) is 5.88 Å². The van der Waals surface area contributed by atoms with Crippen LogP contribution in [-0.2, 0) is 11.2 Å². The molecule has 0 aliphatic carbocycles. The van der Waals surface area contributed by atoms with Gasteiger partial charge in [0.05, 0.1) is 0 Å². The molecule has 16 heavy (non-hydrogen) atoms. The van der Waals surface area contributed by atoms with E-state index in [2.05, 4.69) is 10.6 Å². The molecular formula is C11H13ClN2O2. The first-order chi connectivity index (χ1) is 7.65. The fourth-order valence-electron chi connectivity index (χ4n) is 1.19. The van der Waals surface area contributed by atoms with Crippen molar-refractivity contribution in [3.63, 3.8) is 0 Å². The van der Waals surface area contributed by atoms with Gasteiger partial charge in [-0.05, 0) is 24.1 Å². The molecule has 0 unspecified atom stereocenters. The van der Waals surface area contributed by atoms with Crippen LogP contribution in [0.5, 0.6) is 0 Å². The quantitative estimate of drug-likeness (QED) is 0.796. The number of amides is 3. The Morgan fingerprint density at radius 3 is 2.75 bits per heavy atom. The minimum absolute atomic E-state index is 0.234. The van der Waals surface area contributed by atoms with Crippen molar-refractivity contribution >= 4 is 29.2 Å². The lowest BCUT2D eigenvalue weighted by Gasteiger charge is -2.06. The molecular weight excluding hydrogens is 228 g/mol. The molecule has 0 radical (unpaired) electrons. The molecule has 0 heterocycles. The lowest BCUT2D eigenvalue weighted by Crippen LogP contribution is -2.35. The number of carbonyl (C=O) groups is 2. The zero-order chi connectivity index (χ0) is 12.0. The van der Waals surface area contributed by atoms with Crippen LogP contribution in [0.25, 0.3) is 0 Å². The highest BCUT2D eigenvalue weighted by molar-refractivity contribution is 6.28. The average Bonchev–Trinajstić information content (AvgIpc) is 2.28. The van der Waals surface area contributed by atoms with Gasteiger partial charge in [-0.15, -0.1) is 11.6 Å². The van der Waals surface area contributed by atoms with Crippen LogP contribution in [0.1, 0.15) is 12.5 Å². The molecule has 2 N–H and O–H groups in total. The molecule has 86 valence electrons. The first kappa shape index (κ1) is 12.5. The van der Waals surface area contributed by atoms with Crippen molar-refractivity contribution in [1.29, 1.82) is 0 Å². The van der Waals surface area contributed by atoms with Crippen molar-refractivity contribution in [2.24, 2.45) is 0 Å². The van der Waals surface area contributed by atoms with Crippen LogP contribution in [0.15, 0.2) is 24.3 Å². The summed E-state index contributed by atoms with van der Waals surface area (Å²) in [6.07, 6.45) is 0.887. The Labute approximate surface area is 99.0 Å². The van der Waals surface area contributed by atoms with Gasteiger partial charge in [-0.25, -0.2) is 4.79 Å². The number of hydrogen-bond acceptors (Lipinski definition) is 2. The Kier molecular flexibility index (Phi) is 4.79. The third-order valence-electron chi connectivity index (χ3n) is 1.97. The highest BCUT2D eigenvalue weighted by Crippen LogP contribution is 2.10. The van der Waals surface area contributed by atoms with Crippen LogP contribution in [0.4, 0.5) is 10.5 Å². The summed E-state index contributed by atoms with van der Waals surface area (Å²) in [6, 6.07) is 6.85. The number of hydrogen-bond donors (Lipinski definition) is 2. The van der Waals surface area contributed by atoms with Gasteiger partial charge in [0.2, 0.25) is 5.91 Å². The number of nitrogens with one attached hydrogen (secondary N) is 2. The molecule has 5 heteroatoms. The van der Waals surface area contributed by atoms with Gasteiger partial charge in [0, 0.05) is 5.69 Å². The molecule has 3 amide bonds. The number of rotatable bonds is 3. The van der Waals surface area contributed by atoms with Crippen LogP contribution in [-0.4, -0.2) is 17.8 Å². The minimum Gasteiger partial charge on any atom is -0.308 e. The largest absolute Gasteiger partial charge is 0.325 e. The maximum absolute atomic E-state index is 11.3. The van der Waals surface area contributed by atoms with Gasteiger partial charge in [0.15, 0.2) is 0 Å². The summed E-state index contributed by atoms with van der Waals surface area (Å²) in [5, 5.41) is 4.65. The average molecular weight is 241 g/mol. The van der Waals surface area contributed by atoms with Crippen LogP contribution >= 0.6 is 11.6 Å². The molecule has 0 aliphatic rings. The lowest BCUT2D eigenvalue weighted by atomic mass is 10.1. The van der Waals surface area contributed by atoms with Gasteiger partial charge >= 0.3 is 6.03 Å². The monoisotopic (exact) mass is 240 g/mol.